The zero-order valence-corrected chi connectivity index (χ0v) is 10.4. The summed E-state index contributed by atoms with van der Waals surface area (Å²) < 4.78 is 40.1. The molecule has 0 amide bonds. The smallest absolute Gasteiger partial charge is 0.404 e. The van der Waals surface area contributed by atoms with Gasteiger partial charge >= 0.3 is 6.36 Å². The summed E-state index contributed by atoms with van der Waals surface area (Å²) in [7, 11) is 0. The largest absolute Gasteiger partial charge is 0.573 e. The van der Waals surface area contributed by atoms with Crippen LogP contribution in [0, 0.1) is 0 Å². The van der Waals surface area contributed by atoms with E-state index in [4.69, 9.17) is 17.3 Å². The highest BCUT2D eigenvalue weighted by Gasteiger charge is 2.32. The number of rotatable bonds is 5. The highest BCUT2D eigenvalue weighted by molar-refractivity contribution is 6.17. The van der Waals surface area contributed by atoms with Gasteiger partial charge < -0.3 is 20.7 Å². The fraction of sp³-hybridized carbons (Fsp3) is 0.455. The van der Waals surface area contributed by atoms with Crippen molar-refractivity contribution >= 4 is 17.3 Å². The zero-order chi connectivity index (χ0) is 14.6. The Hall–Kier alpha value is -1.18. The average Bonchev–Trinajstić information content (AvgIpc) is 2.29. The first-order chi connectivity index (χ1) is 8.74. The lowest BCUT2D eigenvalue weighted by Crippen LogP contribution is -2.20. The number of nitrogen functional groups attached to an aromatic ring is 1. The quantitative estimate of drug-likeness (QED) is 0.575. The molecule has 108 valence electrons. The molecule has 19 heavy (non-hydrogen) atoms. The topological polar surface area (TPSA) is 75.7 Å². The molecule has 0 saturated heterocycles. The summed E-state index contributed by atoms with van der Waals surface area (Å²) in [6, 6.07) is 3.40. The monoisotopic (exact) mass is 299 g/mol. The molecular formula is C11H13ClF3NO3. The lowest BCUT2D eigenvalue weighted by Gasteiger charge is -2.19. The van der Waals surface area contributed by atoms with Crippen LogP contribution in [-0.2, 0) is 0 Å². The number of aliphatic hydroxyl groups is 2. The van der Waals surface area contributed by atoms with Gasteiger partial charge in [-0.1, -0.05) is 6.07 Å². The van der Waals surface area contributed by atoms with Crippen LogP contribution in [0.25, 0.3) is 0 Å². The molecule has 1 aromatic carbocycles. The number of hydrogen-bond donors (Lipinski definition) is 3. The van der Waals surface area contributed by atoms with E-state index in [2.05, 4.69) is 4.74 Å². The van der Waals surface area contributed by atoms with Gasteiger partial charge in [0.1, 0.15) is 6.10 Å². The third kappa shape index (κ3) is 4.77. The molecule has 0 fully saturated rings. The van der Waals surface area contributed by atoms with Crippen molar-refractivity contribution in [3.05, 3.63) is 23.8 Å². The lowest BCUT2D eigenvalue weighted by molar-refractivity contribution is -0.274. The Morgan fingerprint density at radius 1 is 1.32 bits per heavy atom. The first-order valence-corrected chi connectivity index (χ1v) is 5.85. The lowest BCUT2D eigenvalue weighted by atomic mass is 10.0. The predicted octanol–water partition coefficient (Wildman–Crippen LogP) is 2.19. The summed E-state index contributed by atoms with van der Waals surface area (Å²) in [5.41, 5.74) is 5.18. The van der Waals surface area contributed by atoms with Gasteiger partial charge in [-0.2, -0.15) is 0 Å². The minimum Gasteiger partial charge on any atom is -0.404 e. The van der Waals surface area contributed by atoms with Crippen molar-refractivity contribution in [3.63, 3.8) is 0 Å². The zero-order valence-electron chi connectivity index (χ0n) is 9.69. The van der Waals surface area contributed by atoms with Gasteiger partial charge in [-0.15, -0.1) is 24.8 Å². The van der Waals surface area contributed by atoms with Crippen LogP contribution >= 0.6 is 11.6 Å². The molecule has 4 nitrogen and oxygen atoms in total. The molecule has 0 aliphatic carbocycles. The number of benzene rings is 1. The van der Waals surface area contributed by atoms with Crippen LogP contribution in [0.2, 0.25) is 0 Å². The van der Waals surface area contributed by atoms with Crippen LogP contribution < -0.4 is 10.5 Å². The van der Waals surface area contributed by atoms with Crippen molar-refractivity contribution in [2.75, 3.05) is 11.6 Å². The Balaban J connectivity index is 2.95. The van der Waals surface area contributed by atoms with Crippen molar-refractivity contribution in [1.82, 2.24) is 0 Å². The second-order valence-electron chi connectivity index (χ2n) is 3.83. The second kappa shape index (κ2) is 6.31. The predicted molar refractivity (Wildman–Crippen MR) is 63.8 cm³/mol. The normalized spacial score (nSPS) is 15.1. The van der Waals surface area contributed by atoms with Gasteiger partial charge in [0.25, 0.3) is 0 Å². The Labute approximate surface area is 112 Å². The first-order valence-electron chi connectivity index (χ1n) is 5.32. The maximum Gasteiger partial charge on any atom is 0.573 e. The number of hydrogen-bond acceptors (Lipinski definition) is 4. The fourth-order valence-corrected chi connectivity index (χ4v) is 1.66. The van der Waals surface area contributed by atoms with Gasteiger partial charge in [0.2, 0.25) is 0 Å². The molecule has 0 bridgehead atoms. The molecule has 0 saturated carbocycles. The fourth-order valence-electron chi connectivity index (χ4n) is 1.44. The van der Waals surface area contributed by atoms with Gasteiger partial charge in [0, 0.05) is 5.88 Å². The number of halogens is 4. The average molecular weight is 300 g/mol. The number of aliphatic hydroxyl groups excluding tert-OH is 2. The van der Waals surface area contributed by atoms with Gasteiger partial charge in [0.05, 0.1) is 11.8 Å². The van der Waals surface area contributed by atoms with E-state index in [1.165, 1.54) is 6.07 Å². The van der Waals surface area contributed by atoms with Crippen molar-refractivity contribution in [2.45, 2.75) is 25.0 Å². The van der Waals surface area contributed by atoms with E-state index < -0.39 is 24.3 Å². The van der Waals surface area contributed by atoms with E-state index in [-0.39, 0.29) is 23.6 Å². The molecule has 1 aromatic rings. The molecule has 0 heterocycles. The van der Waals surface area contributed by atoms with E-state index in [1.54, 1.807) is 0 Å². The van der Waals surface area contributed by atoms with Crippen LogP contribution in [0.3, 0.4) is 0 Å². The van der Waals surface area contributed by atoms with Gasteiger partial charge in [-0.05, 0) is 24.1 Å². The van der Waals surface area contributed by atoms with Gasteiger partial charge in [0.15, 0.2) is 5.75 Å². The molecule has 8 heteroatoms. The van der Waals surface area contributed by atoms with Crippen LogP contribution in [0.5, 0.6) is 5.75 Å². The highest BCUT2D eigenvalue weighted by atomic mass is 35.5. The SMILES string of the molecule is Nc1ccc(C(O)C(O)CCCl)cc1OC(F)(F)F. The summed E-state index contributed by atoms with van der Waals surface area (Å²) in [5, 5.41) is 19.3. The van der Waals surface area contributed by atoms with Crippen molar-refractivity contribution in [1.29, 1.82) is 0 Å². The number of ether oxygens (including phenoxy) is 1. The highest BCUT2D eigenvalue weighted by Crippen LogP contribution is 2.32. The summed E-state index contributed by atoms with van der Waals surface area (Å²) in [6.45, 7) is 0. The Bertz CT molecular complexity index is 428. The van der Waals surface area contributed by atoms with E-state index in [0.717, 1.165) is 12.1 Å². The molecule has 4 N–H and O–H groups in total. The summed E-state index contributed by atoms with van der Waals surface area (Å²) in [4.78, 5) is 0. The molecule has 0 aromatic heterocycles. The molecule has 1 rings (SSSR count). The second-order valence-corrected chi connectivity index (χ2v) is 4.21. The van der Waals surface area contributed by atoms with Crippen LogP contribution in [0.1, 0.15) is 18.1 Å². The van der Waals surface area contributed by atoms with Crippen molar-refractivity contribution < 1.29 is 28.1 Å². The Morgan fingerprint density at radius 2 is 1.95 bits per heavy atom. The Morgan fingerprint density at radius 3 is 2.47 bits per heavy atom. The van der Waals surface area contributed by atoms with E-state index in [1.807, 2.05) is 0 Å². The standard InChI is InChI=1S/C11H13ClF3NO3/c12-4-3-8(17)10(18)6-1-2-7(16)9(5-6)19-11(13,14)15/h1-2,5,8,10,17-18H,3-4,16H2. The summed E-state index contributed by atoms with van der Waals surface area (Å²) >= 11 is 5.41. The first kappa shape index (κ1) is 15.9. The van der Waals surface area contributed by atoms with Crippen LogP contribution in [-0.4, -0.2) is 28.6 Å². The minimum atomic E-state index is -4.88. The van der Waals surface area contributed by atoms with E-state index in [9.17, 15) is 23.4 Å². The number of alkyl halides is 4. The van der Waals surface area contributed by atoms with E-state index >= 15 is 0 Å². The van der Waals surface area contributed by atoms with Crippen LogP contribution in [0.15, 0.2) is 18.2 Å². The molecular weight excluding hydrogens is 287 g/mol. The maximum atomic E-state index is 12.1. The minimum absolute atomic E-state index is 0.0612. The third-order valence-corrected chi connectivity index (χ3v) is 2.59. The summed E-state index contributed by atoms with van der Waals surface area (Å²) in [5.74, 6) is -0.513. The molecule has 0 spiro atoms. The summed E-state index contributed by atoms with van der Waals surface area (Å²) in [6.07, 6.45) is -7.33. The van der Waals surface area contributed by atoms with Crippen LogP contribution in [0.4, 0.5) is 18.9 Å². The van der Waals surface area contributed by atoms with Crippen molar-refractivity contribution in [3.8, 4) is 5.75 Å². The molecule has 0 radical (unpaired) electrons. The molecule has 0 aliphatic heterocycles. The van der Waals surface area contributed by atoms with E-state index in [0.29, 0.717) is 0 Å². The van der Waals surface area contributed by atoms with Crippen molar-refractivity contribution in [2.24, 2.45) is 0 Å². The molecule has 2 atom stereocenters. The maximum absolute atomic E-state index is 12.1. The van der Waals surface area contributed by atoms with Gasteiger partial charge in [-0.3, -0.25) is 0 Å². The number of nitrogens with two attached hydrogens (primary N) is 1. The third-order valence-electron chi connectivity index (χ3n) is 2.37. The number of anilines is 1. The Kier molecular flexibility index (Phi) is 5.28. The molecule has 0 aliphatic rings. The van der Waals surface area contributed by atoms with Gasteiger partial charge in [-0.25, -0.2) is 0 Å². The molecule has 2 unspecified atom stereocenters.